The summed E-state index contributed by atoms with van der Waals surface area (Å²) in [5.74, 6) is 0.671. The number of nitrogens with one attached hydrogen (secondary N) is 1. The molecule has 0 aromatic carbocycles. The van der Waals surface area contributed by atoms with E-state index in [1.807, 2.05) is 0 Å². The summed E-state index contributed by atoms with van der Waals surface area (Å²) in [6.45, 7) is 5.23. The van der Waals surface area contributed by atoms with E-state index in [2.05, 4.69) is 19.2 Å². The van der Waals surface area contributed by atoms with Crippen LogP contribution in [0.1, 0.15) is 58.8 Å². The number of amides is 1. The molecule has 3 N–H and O–H groups in total. The van der Waals surface area contributed by atoms with E-state index in [0.717, 1.165) is 25.8 Å². The zero-order chi connectivity index (χ0) is 12.5. The fraction of sp³-hybridized carbons (Fsp3) is 0.929. The van der Waals surface area contributed by atoms with Gasteiger partial charge in [0, 0.05) is 6.54 Å². The van der Waals surface area contributed by atoms with Gasteiger partial charge in [-0.1, -0.05) is 26.7 Å². The second-order valence-electron chi connectivity index (χ2n) is 6.39. The summed E-state index contributed by atoms with van der Waals surface area (Å²) in [4.78, 5) is 12.2. The first kappa shape index (κ1) is 12.9. The summed E-state index contributed by atoms with van der Waals surface area (Å²) in [6, 6.07) is 0. The lowest BCUT2D eigenvalue weighted by molar-refractivity contribution is -0.128. The molecule has 0 aromatic heterocycles. The van der Waals surface area contributed by atoms with Crippen LogP contribution in [0.4, 0.5) is 0 Å². The molecule has 0 saturated heterocycles. The smallest absolute Gasteiger partial charge is 0.240 e. The lowest BCUT2D eigenvalue weighted by Gasteiger charge is -2.35. The highest BCUT2D eigenvalue weighted by Gasteiger charge is 2.43. The Kier molecular flexibility index (Phi) is 3.48. The molecule has 2 saturated carbocycles. The second kappa shape index (κ2) is 4.60. The van der Waals surface area contributed by atoms with Gasteiger partial charge < -0.3 is 11.1 Å². The minimum atomic E-state index is -0.596. The van der Waals surface area contributed by atoms with E-state index in [1.165, 1.54) is 25.7 Å². The summed E-state index contributed by atoms with van der Waals surface area (Å²) < 4.78 is 0. The Morgan fingerprint density at radius 2 is 2.12 bits per heavy atom. The summed E-state index contributed by atoms with van der Waals surface area (Å²) in [5.41, 5.74) is 6.09. The summed E-state index contributed by atoms with van der Waals surface area (Å²) >= 11 is 0. The van der Waals surface area contributed by atoms with E-state index in [9.17, 15) is 4.79 Å². The summed E-state index contributed by atoms with van der Waals surface area (Å²) in [6.07, 6.45) is 7.69. The van der Waals surface area contributed by atoms with Crippen LogP contribution in [0.15, 0.2) is 0 Å². The molecule has 3 heteroatoms. The van der Waals surface area contributed by atoms with Crippen LogP contribution in [0.2, 0.25) is 0 Å². The predicted molar refractivity (Wildman–Crippen MR) is 69.5 cm³/mol. The average molecular weight is 238 g/mol. The van der Waals surface area contributed by atoms with Crippen LogP contribution >= 0.6 is 0 Å². The number of carbonyl (C=O) groups excluding carboxylic acids is 1. The molecule has 2 aliphatic carbocycles. The number of carbonyl (C=O) groups is 1. The third kappa shape index (κ3) is 2.82. The molecule has 0 bridgehead atoms. The molecule has 1 amide bonds. The molecule has 3 nitrogen and oxygen atoms in total. The number of hydrogen-bond acceptors (Lipinski definition) is 2. The van der Waals surface area contributed by atoms with Crippen molar-refractivity contribution in [1.82, 2.24) is 5.32 Å². The van der Waals surface area contributed by atoms with Crippen LogP contribution in [-0.2, 0) is 4.79 Å². The van der Waals surface area contributed by atoms with Gasteiger partial charge in [0.25, 0.3) is 0 Å². The Labute approximate surface area is 105 Å². The van der Waals surface area contributed by atoms with E-state index in [1.54, 1.807) is 0 Å². The topological polar surface area (TPSA) is 55.1 Å². The van der Waals surface area contributed by atoms with Gasteiger partial charge in [0.05, 0.1) is 5.54 Å². The van der Waals surface area contributed by atoms with Crippen molar-refractivity contribution in [1.29, 1.82) is 0 Å². The predicted octanol–water partition coefficient (Wildman–Crippen LogP) is 2.20. The van der Waals surface area contributed by atoms with Crippen molar-refractivity contribution in [3.8, 4) is 0 Å². The van der Waals surface area contributed by atoms with Crippen LogP contribution in [0.3, 0.4) is 0 Å². The van der Waals surface area contributed by atoms with Gasteiger partial charge >= 0.3 is 0 Å². The van der Waals surface area contributed by atoms with Crippen molar-refractivity contribution in [2.24, 2.45) is 17.1 Å². The highest BCUT2D eigenvalue weighted by Crippen LogP contribution is 2.48. The van der Waals surface area contributed by atoms with E-state index < -0.39 is 5.54 Å². The highest BCUT2D eigenvalue weighted by atomic mass is 16.2. The van der Waals surface area contributed by atoms with Crippen LogP contribution in [0, 0.1) is 11.3 Å². The summed E-state index contributed by atoms with van der Waals surface area (Å²) in [5, 5.41) is 3.10. The Hall–Kier alpha value is -0.570. The summed E-state index contributed by atoms with van der Waals surface area (Å²) in [7, 11) is 0. The molecule has 0 aromatic rings. The first-order valence-electron chi connectivity index (χ1n) is 7.07. The third-order valence-electron chi connectivity index (χ3n) is 4.82. The molecule has 2 unspecified atom stereocenters. The van der Waals surface area contributed by atoms with E-state index in [-0.39, 0.29) is 5.91 Å². The van der Waals surface area contributed by atoms with Crippen molar-refractivity contribution in [2.45, 2.75) is 64.3 Å². The lowest BCUT2D eigenvalue weighted by atomic mass is 9.76. The maximum atomic E-state index is 12.2. The minimum Gasteiger partial charge on any atom is -0.354 e. The van der Waals surface area contributed by atoms with Gasteiger partial charge in [0.1, 0.15) is 0 Å². The van der Waals surface area contributed by atoms with Gasteiger partial charge in [-0.15, -0.1) is 0 Å². The first-order valence-corrected chi connectivity index (χ1v) is 7.07. The lowest BCUT2D eigenvalue weighted by Crippen LogP contribution is -2.56. The van der Waals surface area contributed by atoms with Gasteiger partial charge in [-0.2, -0.15) is 0 Å². The average Bonchev–Trinajstić information content (AvgIpc) is 3.06. The zero-order valence-electron chi connectivity index (χ0n) is 11.2. The molecular formula is C14H26N2O. The Balaban J connectivity index is 1.86. The maximum absolute atomic E-state index is 12.2. The van der Waals surface area contributed by atoms with Crippen LogP contribution in [-0.4, -0.2) is 18.0 Å². The third-order valence-corrected chi connectivity index (χ3v) is 4.82. The number of hydrogen-bond donors (Lipinski definition) is 2. The van der Waals surface area contributed by atoms with Crippen molar-refractivity contribution < 1.29 is 4.79 Å². The van der Waals surface area contributed by atoms with Crippen molar-refractivity contribution >= 4 is 5.91 Å². The van der Waals surface area contributed by atoms with Gasteiger partial charge in [0.2, 0.25) is 5.91 Å². The normalized spacial score (nSPS) is 35.4. The van der Waals surface area contributed by atoms with E-state index >= 15 is 0 Å². The fourth-order valence-electron chi connectivity index (χ4n) is 3.07. The molecule has 0 heterocycles. The van der Waals surface area contributed by atoms with Gasteiger partial charge in [-0.05, 0) is 43.4 Å². The van der Waals surface area contributed by atoms with Crippen molar-refractivity contribution in [2.75, 3.05) is 6.54 Å². The minimum absolute atomic E-state index is 0.0868. The Morgan fingerprint density at radius 1 is 1.41 bits per heavy atom. The number of nitrogens with two attached hydrogens (primary N) is 1. The van der Waals surface area contributed by atoms with E-state index in [4.69, 9.17) is 5.73 Å². The molecule has 2 fully saturated rings. The fourth-order valence-corrected chi connectivity index (χ4v) is 3.07. The van der Waals surface area contributed by atoms with Gasteiger partial charge in [-0.25, -0.2) is 0 Å². The molecule has 2 atom stereocenters. The zero-order valence-corrected chi connectivity index (χ0v) is 11.2. The molecule has 2 rings (SSSR count). The quantitative estimate of drug-likeness (QED) is 0.789. The maximum Gasteiger partial charge on any atom is 0.240 e. The largest absolute Gasteiger partial charge is 0.354 e. The van der Waals surface area contributed by atoms with Gasteiger partial charge in [0.15, 0.2) is 0 Å². The van der Waals surface area contributed by atoms with Crippen LogP contribution < -0.4 is 11.1 Å². The Bertz CT molecular complexity index is 299. The standard InChI is InChI=1S/C14H26N2O/c1-3-13(7-8-13)10-16-12(17)14(15)6-4-5-11(2)9-14/h11H,3-10,15H2,1-2H3,(H,16,17). The highest BCUT2D eigenvalue weighted by molar-refractivity contribution is 5.86. The van der Waals surface area contributed by atoms with Crippen LogP contribution in [0.5, 0.6) is 0 Å². The monoisotopic (exact) mass is 238 g/mol. The SMILES string of the molecule is CCC1(CNC(=O)C2(N)CCCC(C)C2)CC1. The van der Waals surface area contributed by atoms with Crippen molar-refractivity contribution in [3.05, 3.63) is 0 Å². The second-order valence-corrected chi connectivity index (χ2v) is 6.39. The van der Waals surface area contributed by atoms with E-state index in [0.29, 0.717) is 11.3 Å². The van der Waals surface area contributed by atoms with Crippen LogP contribution in [0.25, 0.3) is 0 Å². The molecule has 98 valence electrons. The molecule has 0 spiro atoms. The van der Waals surface area contributed by atoms with Crippen molar-refractivity contribution in [3.63, 3.8) is 0 Å². The molecule has 0 aliphatic heterocycles. The Morgan fingerprint density at radius 3 is 2.65 bits per heavy atom. The first-order chi connectivity index (χ1) is 8.00. The molecular weight excluding hydrogens is 212 g/mol. The molecule has 2 aliphatic rings. The number of rotatable bonds is 4. The van der Waals surface area contributed by atoms with Gasteiger partial charge in [-0.3, -0.25) is 4.79 Å². The molecule has 17 heavy (non-hydrogen) atoms. The molecule has 0 radical (unpaired) electrons.